The Morgan fingerprint density at radius 3 is 2.43 bits per heavy atom. The maximum absolute atomic E-state index is 13.6. The van der Waals surface area contributed by atoms with Gasteiger partial charge in [0, 0.05) is 24.7 Å². The summed E-state index contributed by atoms with van der Waals surface area (Å²) in [5.74, 6) is 1.16. The Morgan fingerprint density at radius 2 is 1.74 bits per heavy atom. The second kappa shape index (κ2) is 10.00. The number of ether oxygens (including phenoxy) is 2. The summed E-state index contributed by atoms with van der Waals surface area (Å²) in [6, 6.07) is 18.9. The molecule has 35 heavy (non-hydrogen) atoms. The summed E-state index contributed by atoms with van der Waals surface area (Å²) in [6.45, 7) is 2.52. The number of carbonyl (C=O) groups is 1. The maximum atomic E-state index is 13.6. The highest BCUT2D eigenvalue weighted by Gasteiger charge is 2.33. The van der Waals surface area contributed by atoms with E-state index in [4.69, 9.17) is 9.47 Å². The Labute approximate surface area is 206 Å². The van der Waals surface area contributed by atoms with E-state index in [2.05, 4.69) is 0 Å². The van der Waals surface area contributed by atoms with E-state index >= 15 is 0 Å². The van der Waals surface area contributed by atoms with Gasteiger partial charge in [-0.2, -0.15) is 0 Å². The topological polar surface area (TPSA) is 76.1 Å². The summed E-state index contributed by atoms with van der Waals surface area (Å²) < 4.78 is 38.8. The van der Waals surface area contributed by atoms with Crippen LogP contribution < -0.4 is 13.8 Å². The first-order chi connectivity index (χ1) is 16.8. The summed E-state index contributed by atoms with van der Waals surface area (Å²) in [7, 11) is 0.873. The first kappa shape index (κ1) is 24.6. The number of benzene rings is 3. The van der Waals surface area contributed by atoms with Crippen LogP contribution in [-0.4, -0.2) is 47.0 Å². The van der Waals surface area contributed by atoms with Crippen LogP contribution in [0, 0.1) is 6.92 Å². The van der Waals surface area contributed by atoms with Crippen LogP contribution in [0.5, 0.6) is 11.5 Å². The van der Waals surface area contributed by atoms with Gasteiger partial charge in [-0.3, -0.25) is 9.10 Å². The number of anilines is 1. The zero-order valence-electron chi connectivity index (χ0n) is 20.4. The van der Waals surface area contributed by atoms with E-state index in [1.54, 1.807) is 43.4 Å². The number of likely N-dealkylation sites (tertiary alicyclic amines) is 1. The lowest BCUT2D eigenvalue weighted by molar-refractivity contribution is 0.0733. The predicted molar refractivity (Wildman–Crippen MR) is 136 cm³/mol. The molecule has 8 heteroatoms. The first-order valence-corrected chi connectivity index (χ1v) is 12.9. The largest absolute Gasteiger partial charge is 0.497 e. The highest BCUT2D eigenvalue weighted by molar-refractivity contribution is 7.92. The monoisotopic (exact) mass is 494 g/mol. The number of rotatable bonds is 7. The average Bonchev–Trinajstić information content (AvgIpc) is 3.37. The summed E-state index contributed by atoms with van der Waals surface area (Å²) in [5, 5.41) is 0. The zero-order valence-corrected chi connectivity index (χ0v) is 21.2. The minimum absolute atomic E-state index is 0.0705. The number of hydrogen-bond donors (Lipinski definition) is 0. The van der Waals surface area contributed by atoms with Crippen LogP contribution in [0.3, 0.4) is 0 Å². The third kappa shape index (κ3) is 4.84. The third-order valence-electron chi connectivity index (χ3n) is 6.45. The van der Waals surface area contributed by atoms with Gasteiger partial charge in [-0.1, -0.05) is 23.8 Å². The van der Waals surface area contributed by atoms with Crippen molar-refractivity contribution in [1.82, 2.24) is 4.90 Å². The van der Waals surface area contributed by atoms with Crippen molar-refractivity contribution in [2.24, 2.45) is 0 Å². The molecule has 3 aromatic rings. The van der Waals surface area contributed by atoms with Gasteiger partial charge >= 0.3 is 0 Å². The van der Waals surface area contributed by atoms with E-state index < -0.39 is 10.0 Å². The molecule has 1 atom stereocenters. The Balaban J connectivity index is 1.64. The summed E-state index contributed by atoms with van der Waals surface area (Å²) in [5.41, 5.74) is 2.80. The fourth-order valence-electron chi connectivity index (χ4n) is 4.44. The molecule has 3 aromatic carbocycles. The number of aryl methyl sites for hydroxylation is 1. The molecule has 4 rings (SSSR count). The van der Waals surface area contributed by atoms with Gasteiger partial charge in [0.15, 0.2) is 0 Å². The van der Waals surface area contributed by atoms with Crippen molar-refractivity contribution in [2.75, 3.05) is 32.1 Å². The quantitative estimate of drug-likeness (QED) is 0.471. The number of nitrogens with zero attached hydrogens (tertiary/aromatic N) is 2. The molecular formula is C27H30N2O5S. The lowest BCUT2D eigenvalue weighted by atomic mass is 10.0. The molecule has 0 radical (unpaired) electrons. The molecule has 1 fully saturated rings. The van der Waals surface area contributed by atoms with Crippen LogP contribution in [-0.2, 0) is 10.0 Å². The second-order valence-corrected chi connectivity index (χ2v) is 10.6. The van der Waals surface area contributed by atoms with Gasteiger partial charge in [-0.25, -0.2) is 8.42 Å². The van der Waals surface area contributed by atoms with Crippen LogP contribution in [0.25, 0.3) is 0 Å². The van der Waals surface area contributed by atoms with Crippen molar-refractivity contribution in [2.45, 2.75) is 30.7 Å². The van der Waals surface area contributed by atoms with Crippen molar-refractivity contribution in [3.8, 4) is 11.5 Å². The fraction of sp³-hybridized carbons (Fsp3) is 0.296. The molecule has 0 bridgehead atoms. The molecule has 1 amide bonds. The molecule has 0 saturated carbocycles. The average molecular weight is 495 g/mol. The molecule has 1 unspecified atom stereocenters. The number of methoxy groups -OCH3 is 2. The molecule has 1 heterocycles. The zero-order chi connectivity index (χ0) is 25.2. The van der Waals surface area contributed by atoms with Crippen molar-refractivity contribution in [1.29, 1.82) is 0 Å². The standard InChI is InChI=1S/C27H30N2O5S/c1-19-10-12-21(13-11-19)28(2)35(31,32)23-8-5-7-20(17-23)27(30)29-16-6-9-25(29)24-18-22(33-3)14-15-26(24)34-4/h5,7-8,10-15,17-18,25H,6,9,16H2,1-4H3. The van der Waals surface area contributed by atoms with Gasteiger partial charge in [-0.05, 0) is 68.3 Å². The minimum atomic E-state index is -3.84. The van der Waals surface area contributed by atoms with E-state index in [1.165, 1.54) is 23.5 Å². The Morgan fingerprint density at radius 1 is 1.00 bits per heavy atom. The van der Waals surface area contributed by atoms with E-state index in [0.717, 1.165) is 24.0 Å². The van der Waals surface area contributed by atoms with Crippen LogP contribution in [0.15, 0.2) is 71.6 Å². The number of carbonyl (C=O) groups excluding carboxylic acids is 1. The Hall–Kier alpha value is -3.52. The third-order valence-corrected chi connectivity index (χ3v) is 8.23. The second-order valence-electron chi connectivity index (χ2n) is 8.60. The van der Waals surface area contributed by atoms with E-state index in [-0.39, 0.29) is 16.8 Å². The predicted octanol–water partition coefficient (Wildman–Crippen LogP) is 4.81. The summed E-state index contributed by atoms with van der Waals surface area (Å²) in [6.07, 6.45) is 1.62. The molecule has 0 N–H and O–H groups in total. The molecular weight excluding hydrogens is 464 g/mol. The molecule has 1 aliphatic rings. The Kier molecular flexibility index (Phi) is 7.03. The molecule has 7 nitrogen and oxygen atoms in total. The molecule has 0 aromatic heterocycles. The fourth-order valence-corrected chi connectivity index (χ4v) is 5.68. The van der Waals surface area contributed by atoms with Gasteiger partial charge in [0.1, 0.15) is 11.5 Å². The lowest BCUT2D eigenvalue weighted by Gasteiger charge is -2.27. The minimum Gasteiger partial charge on any atom is -0.497 e. The molecule has 1 saturated heterocycles. The van der Waals surface area contributed by atoms with Gasteiger partial charge in [0.05, 0.1) is 30.8 Å². The molecule has 1 aliphatic heterocycles. The highest BCUT2D eigenvalue weighted by atomic mass is 32.2. The normalized spacial score (nSPS) is 15.7. The SMILES string of the molecule is COc1ccc(OC)c(C2CCCN2C(=O)c2cccc(S(=O)(=O)N(C)c3ccc(C)cc3)c2)c1. The van der Waals surface area contributed by atoms with Crippen LogP contribution in [0.4, 0.5) is 5.69 Å². The maximum Gasteiger partial charge on any atom is 0.264 e. The smallest absolute Gasteiger partial charge is 0.264 e. The van der Waals surface area contributed by atoms with Gasteiger partial charge in [-0.15, -0.1) is 0 Å². The van der Waals surface area contributed by atoms with E-state index in [9.17, 15) is 13.2 Å². The molecule has 184 valence electrons. The van der Waals surface area contributed by atoms with Crippen molar-refractivity contribution in [3.05, 3.63) is 83.4 Å². The number of sulfonamides is 1. The van der Waals surface area contributed by atoms with Crippen molar-refractivity contribution >= 4 is 21.6 Å². The van der Waals surface area contributed by atoms with Gasteiger partial charge < -0.3 is 14.4 Å². The lowest BCUT2D eigenvalue weighted by Crippen LogP contribution is -2.31. The van der Waals surface area contributed by atoms with E-state index in [1.807, 2.05) is 37.3 Å². The molecule has 0 aliphatic carbocycles. The number of amides is 1. The van der Waals surface area contributed by atoms with Crippen LogP contribution in [0.2, 0.25) is 0 Å². The summed E-state index contributed by atoms with van der Waals surface area (Å²) >= 11 is 0. The Bertz CT molecular complexity index is 1320. The van der Waals surface area contributed by atoms with Crippen molar-refractivity contribution in [3.63, 3.8) is 0 Å². The van der Waals surface area contributed by atoms with Crippen LogP contribution in [0.1, 0.15) is 40.4 Å². The van der Waals surface area contributed by atoms with Crippen molar-refractivity contribution < 1.29 is 22.7 Å². The van der Waals surface area contributed by atoms with Gasteiger partial charge in [0.25, 0.3) is 15.9 Å². The molecule has 0 spiro atoms. The van der Waals surface area contributed by atoms with E-state index in [0.29, 0.717) is 29.3 Å². The van der Waals surface area contributed by atoms with Crippen LogP contribution >= 0.6 is 0 Å². The highest BCUT2D eigenvalue weighted by Crippen LogP contribution is 2.39. The first-order valence-electron chi connectivity index (χ1n) is 11.4. The summed E-state index contributed by atoms with van der Waals surface area (Å²) in [4.78, 5) is 15.4. The number of hydrogen-bond acceptors (Lipinski definition) is 5. The van der Waals surface area contributed by atoms with Gasteiger partial charge in [0.2, 0.25) is 0 Å².